The summed E-state index contributed by atoms with van der Waals surface area (Å²) >= 11 is 2.59. The van der Waals surface area contributed by atoms with Gasteiger partial charge in [-0.3, -0.25) is 9.59 Å². The number of anilines is 2. The second kappa shape index (κ2) is 13.4. The van der Waals surface area contributed by atoms with E-state index < -0.39 is 0 Å². The van der Waals surface area contributed by atoms with Gasteiger partial charge in [-0.15, -0.1) is 22.7 Å². The zero-order valence-corrected chi connectivity index (χ0v) is 22.4. The molecule has 4 aromatic rings. The van der Waals surface area contributed by atoms with E-state index in [1.54, 1.807) is 22.9 Å². The summed E-state index contributed by atoms with van der Waals surface area (Å²) in [6, 6.07) is 8.62. The van der Waals surface area contributed by atoms with Crippen LogP contribution >= 0.6 is 22.7 Å². The van der Waals surface area contributed by atoms with Gasteiger partial charge in [0.15, 0.2) is 10.3 Å². The molecule has 2 amide bonds. The molecule has 12 heteroatoms. The van der Waals surface area contributed by atoms with Gasteiger partial charge in [0, 0.05) is 46.9 Å². The molecule has 0 aliphatic heterocycles. The van der Waals surface area contributed by atoms with Crippen molar-refractivity contribution in [3.63, 3.8) is 0 Å². The molecule has 0 aliphatic carbocycles. The minimum atomic E-state index is -0.0710. The maximum atomic E-state index is 11.4. The Kier molecular flexibility index (Phi) is 10.0. The van der Waals surface area contributed by atoms with Crippen LogP contribution in [0.3, 0.4) is 0 Å². The highest BCUT2D eigenvalue weighted by molar-refractivity contribution is 7.14. The number of hydrogen-bond donors (Lipinski definition) is 6. The topological polar surface area (TPSA) is 165 Å². The molecule has 0 atom stereocenters. The first kappa shape index (κ1) is 28.4. The molecule has 6 N–H and O–H groups in total. The molecule has 10 nitrogen and oxygen atoms in total. The Hall–Kier alpha value is -4.16. The quantitative estimate of drug-likeness (QED) is 0.156. The summed E-state index contributed by atoms with van der Waals surface area (Å²) < 4.78 is 0. The van der Waals surface area contributed by atoms with E-state index in [0.29, 0.717) is 45.6 Å². The molecule has 38 heavy (non-hydrogen) atoms. The van der Waals surface area contributed by atoms with Gasteiger partial charge in [-0.1, -0.05) is 13.8 Å². The molecule has 2 aromatic heterocycles. The largest absolute Gasteiger partial charge is 0.508 e. The highest BCUT2D eigenvalue weighted by Crippen LogP contribution is 2.35. The molecule has 2 aromatic carbocycles. The Morgan fingerprint density at radius 3 is 1.45 bits per heavy atom. The van der Waals surface area contributed by atoms with Gasteiger partial charge in [0.25, 0.3) is 0 Å². The van der Waals surface area contributed by atoms with Crippen LogP contribution in [-0.2, 0) is 9.59 Å². The van der Waals surface area contributed by atoms with Crippen LogP contribution in [0.25, 0.3) is 22.5 Å². The van der Waals surface area contributed by atoms with Gasteiger partial charge in [-0.05, 0) is 37.1 Å². The lowest BCUT2D eigenvalue weighted by molar-refractivity contribution is -0.117. The molecular formula is C26H28N4O6S2. The molecule has 0 aliphatic rings. The third-order valence-electron chi connectivity index (χ3n) is 4.97. The monoisotopic (exact) mass is 556 g/mol. The Labute approximate surface area is 227 Å². The zero-order valence-electron chi connectivity index (χ0n) is 20.8. The summed E-state index contributed by atoms with van der Waals surface area (Å²) in [5.41, 5.74) is 2.17. The summed E-state index contributed by atoms with van der Waals surface area (Å²) in [5.74, 6) is -0.244. The van der Waals surface area contributed by atoms with Crippen LogP contribution in [-0.4, -0.2) is 42.2 Å². The second-order valence-electron chi connectivity index (χ2n) is 8.08. The minimum absolute atomic E-state index is 0.00653. The Morgan fingerprint density at radius 1 is 0.711 bits per heavy atom. The molecule has 0 spiro atoms. The molecule has 0 unspecified atom stereocenters. The van der Waals surface area contributed by atoms with Gasteiger partial charge in [0.05, 0.1) is 11.4 Å². The van der Waals surface area contributed by atoms with E-state index in [-0.39, 0.29) is 34.8 Å². The van der Waals surface area contributed by atoms with E-state index >= 15 is 0 Å². The number of nitrogens with zero attached hydrogens (tertiary/aromatic N) is 2. The van der Waals surface area contributed by atoms with Gasteiger partial charge in [-0.2, -0.15) is 0 Å². The van der Waals surface area contributed by atoms with Crippen LogP contribution in [0, 0.1) is 0 Å². The van der Waals surface area contributed by atoms with Gasteiger partial charge >= 0.3 is 0 Å². The van der Waals surface area contributed by atoms with Crippen LogP contribution in [0.15, 0.2) is 47.2 Å². The Bertz CT molecular complexity index is 1300. The average molecular weight is 557 g/mol. The lowest BCUT2D eigenvalue weighted by atomic mass is 10.1. The lowest BCUT2D eigenvalue weighted by Crippen LogP contribution is -2.10. The molecule has 0 saturated carbocycles. The van der Waals surface area contributed by atoms with Crippen molar-refractivity contribution < 1.29 is 30.0 Å². The number of aromatic nitrogens is 2. The standard InChI is InChI=1S/2C13H14N2O3S/c2*1-2-3-12(18)15-13-14-10(7-19-13)9-5-4-8(16)6-11(9)17/h2*4-7,16-17H,2-3H2,1H3,(H,14,15,18). The fraction of sp³-hybridized carbons (Fsp3) is 0.231. The minimum Gasteiger partial charge on any atom is -0.508 e. The fourth-order valence-corrected chi connectivity index (χ4v) is 4.65. The Morgan fingerprint density at radius 2 is 1.11 bits per heavy atom. The number of thiazole rings is 2. The van der Waals surface area contributed by atoms with E-state index in [1.807, 2.05) is 13.8 Å². The first-order valence-electron chi connectivity index (χ1n) is 11.8. The van der Waals surface area contributed by atoms with E-state index in [0.717, 1.165) is 12.8 Å². The van der Waals surface area contributed by atoms with Crippen molar-refractivity contribution in [3.05, 3.63) is 47.2 Å². The summed E-state index contributed by atoms with van der Waals surface area (Å²) in [5, 5.41) is 47.8. The highest BCUT2D eigenvalue weighted by Gasteiger charge is 2.12. The first-order chi connectivity index (χ1) is 18.2. The fourth-order valence-electron chi connectivity index (χ4n) is 3.20. The third-order valence-corrected chi connectivity index (χ3v) is 6.49. The number of rotatable bonds is 8. The van der Waals surface area contributed by atoms with Crippen molar-refractivity contribution in [2.24, 2.45) is 0 Å². The van der Waals surface area contributed by atoms with E-state index in [9.17, 15) is 30.0 Å². The van der Waals surface area contributed by atoms with Crippen LogP contribution in [0.2, 0.25) is 0 Å². The lowest BCUT2D eigenvalue weighted by Gasteiger charge is -2.02. The third kappa shape index (κ3) is 7.92. The van der Waals surface area contributed by atoms with Gasteiger partial charge in [0.1, 0.15) is 23.0 Å². The van der Waals surface area contributed by atoms with Crippen LogP contribution < -0.4 is 10.6 Å². The number of nitrogens with one attached hydrogen (secondary N) is 2. The summed E-state index contributed by atoms with van der Waals surface area (Å²) in [4.78, 5) is 31.4. The van der Waals surface area contributed by atoms with Crippen molar-refractivity contribution in [2.45, 2.75) is 39.5 Å². The van der Waals surface area contributed by atoms with Crippen molar-refractivity contribution in [2.75, 3.05) is 10.6 Å². The normalized spacial score (nSPS) is 10.4. The smallest absolute Gasteiger partial charge is 0.226 e. The number of carbonyl (C=O) groups excluding carboxylic acids is 2. The summed E-state index contributed by atoms with van der Waals surface area (Å²) in [6.07, 6.45) is 2.48. The maximum absolute atomic E-state index is 11.4. The van der Waals surface area contributed by atoms with Gasteiger partial charge in [0.2, 0.25) is 11.8 Å². The summed E-state index contributed by atoms with van der Waals surface area (Å²) in [7, 11) is 0. The predicted octanol–water partition coefficient (Wildman–Crippen LogP) is 5.92. The predicted molar refractivity (Wildman–Crippen MR) is 149 cm³/mol. The second-order valence-corrected chi connectivity index (χ2v) is 9.79. The molecule has 0 radical (unpaired) electrons. The molecular weight excluding hydrogens is 528 g/mol. The van der Waals surface area contributed by atoms with Crippen LogP contribution in [0.5, 0.6) is 23.0 Å². The summed E-state index contributed by atoms with van der Waals surface area (Å²) in [6.45, 7) is 3.86. The Balaban J connectivity index is 0.000000211. The molecule has 0 fully saturated rings. The zero-order chi connectivity index (χ0) is 27.7. The van der Waals surface area contributed by atoms with Crippen LogP contribution in [0.4, 0.5) is 10.3 Å². The van der Waals surface area contributed by atoms with E-state index in [1.165, 1.54) is 46.9 Å². The van der Waals surface area contributed by atoms with Crippen molar-refractivity contribution in [1.82, 2.24) is 9.97 Å². The molecule has 0 bridgehead atoms. The van der Waals surface area contributed by atoms with Crippen molar-refractivity contribution in [1.29, 1.82) is 0 Å². The SMILES string of the molecule is CCCC(=O)Nc1nc(-c2ccc(O)cc2O)cs1.CCCC(=O)Nc1nc(-c2ccc(O)cc2O)cs1. The molecule has 200 valence electrons. The van der Waals surface area contributed by atoms with E-state index in [4.69, 9.17) is 0 Å². The van der Waals surface area contributed by atoms with E-state index in [2.05, 4.69) is 20.6 Å². The van der Waals surface area contributed by atoms with Crippen molar-refractivity contribution >= 4 is 44.8 Å². The number of phenols is 4. The maximum Gasteiger partial charge on any atom is 0.226 e. The van der Waals surface area contributed by atoms with Gasteiger partial charge < -0.3 is 31.1 Å². The number of hydrogen-bond acceptors (Lipinski definition) is 10. The number of aromatic hydroxyl groups is 4. The highest BCUT2D eigenvalue weighted by atomic mass is 32.1. The average Bonchev–Trinajstić information content (AvgIpc) is 3.49. The number of phenolic OH excluding ortho intramolecular Hbond substituents is 4. The number of benzene rings is 2. The number of carbonyl (C=O) groups is 2. The molecule has 2 heterocycles. The van der Waals surface area contributed by atoms with Crippen molar-refractivity contribution in [3.8, 4) is 45.5 Å². The number of amides is 2. The first-order valence-corrected chi connectivity index (χ1v) is 13.5. The van der Waals surface area contributed by atoms with Gasteiger partial charge in [-0.25, -0.2) is 9.97 Å². The van der Waals surface area contributed by atoms with Crippen LogP contribution in [0.1, 0.15) is 39.5 Å². The molecule has 4 rings (SSSR count). The molecule has 0 saturated heterocycles.